The van der Waals surface area contributed by atoms with E-state index in [1.807, 2.05) is 16.7 Å². The summed E-state index contributed by atoms with van der Waals surface area (Å²) in [5.74, 6) is 0. The molecule has 0 spiro atoms. The van der Waals surface area contributed by atoms with Gasteiger partial charge in [-0.2, -0.15) is 0 Å². The Bertz CT molecular complexity index is 1460. The Morgan fingerprint density at radius 1 is 0.738 bits per heavy atom. The van der Waals surface area contributed by atoms with E-state index < -0.39 is 0 Å². The Morgan fingerprint density at radius 2 is 1.31 bits per heavy atom. The maximum Gasteiger partial charge on any atom is 0.329 e. The Morgan fingerprint density at radius 3 is 1.95 bits per heavy atom. The van der Waals surface area contributed by atoms with Crippen LogP contribution in [-0.2, 0) is 6.54 Å². The maximum atomic E-state index is 13.8. The number of unbranched alkanes of at least 4 members (excludes halogenated alkanes) is 1. The normalized spacial score (nSPS) is 16.7. The first-order chi connectivity index (χ1) is 20.7. The van der Waals surface area contributed by atoms with Gasteiger partial charge in [-0.3, -0.25) is 9.13 Å². The monoisotopic (exact) mass is 581 g/mol. The van der Waals surface area contributed by atoms with Crippen LogP contribution in [0.4, 0.5) is 0 Å². The fraction of sp³-hybridized carbons (Fsp3) is 0.429. The van der Waals surface area contributed by atoms with Gasteiger partial charge in [0, 0.05) is 25.7 Å². The Balaban J connectivity index is 1.11. The van der Waals surface area contributed by atoms with E-state index in [1.54, 1.807) is 0 Å². The molecule has 0 saturated carbocycles. The summed E-state index contributed by atoms with van der Waals surface area (Å²) in [6, 6.07) is 29.5. The van der Waals surface area contributed by atoms with E-state index in [-0.39, 0.29) is 17.8 Å². The highest BCUT2D eigenvalue weighted by molar-refractivity contribution is 7.80. The molecule has 6 nitrogen and oxygen atoms in total. The average molecular weight is 582 g/mol. The van der Waals surface area contributed by atoms with Crippen LogP contribution in [0.3, 0.4) is 0 Å². The van der Waals surface area contributed by atoms with Crippen molar-refractivity contribution in [2.75, 3.05) is 32.7 Å². The number of fused-ring (bicyclic) bond motifs is 1. The number of aromatic nitrogens is 2. The third-order valence-electron chi connectivity index (χ3n) is 9.07. The number of thiocarbonyl (C=S) groups is 1. The molecule has 0 aliphatic carbocycles. The molecule has 2 aliphatic rings. The molecule has 1 N–H and O–H groups in total. The summed E-state index contributed by atoms with van der Waals surface area (Å²) in [4.78, 5) is 18.7. The number of hydrogen-bond donors (Lipinski definition) is 1. The van der Waals surface area contributed by atoms with Crippen LogP contribution in [0.15, 0.2) is 89.7 Å². The van der Waals surface area contributed by atoms with Crippen molar-refractivity contribution in [1.29, 1.82) is 0 Å². The number of nitrogens with zero attached hydrogens (tertiary/aromatic N) is 4. The van der Waals surface area contributed by atoms with Crippen molar-refractivity contribution in [3.63, 3.8) is 0 Å². The van der Waals surface area contributed by atoms with E-state index in [0.29, 0.717) is 0 Å². The SMILES string of the molecule is O=c1n(CCCCN2CCCCC2)c2ccccc2n1C1CCN(C(=S)NC(c2ccccc2)c2ccccc2)CC1. The highest BCUT2D eigenvalue weighted by Gasteiger charge is 2.27. The lowest BCUT2D eigenvalue weighted by molar-refractivity contribution is 0.223. The first-order valence-electron chi connectivity index (χ1n) is 15.8. The lowest BCUT2D eigenvalue weighted by Crippen LogP contribution is -2.46. The number of piperidine rings is 2. The molecule has 0 bridgehead atoms. The zero-order valence-corrected chi connectivity index (χ0v) is 25.4. The predicted octanol–water partition coefficient (Wildman–Crippen LogP) is 6.37. The van der Waals surface area contributed by atoms with Gasteiger partial charge in [-0.05, 0) is 93.6 Å². The molecule has 2 aliphatic heterocycles. The van der Waals surface area contributed by atoms with E-state index in [9.17, 15) is 4.79 Å². The molecule has 220 valence electrons. The number of hydrogen-bond acceptors (Lipinski definition) is 3. The van der Waals surface area contributed by atoms with Gasteiger partial charge < -0.3 is 15.1 Å². The summed E-state index contributed by atoms with van der Waals surface area (Å²) in [5, 5.41) is 4.43. The summed E-state index contributed by atoms with van der Waals surface area (Å²) < 4.78 is 4.10. The lowest BCUT2D eigenvalue weighted by Gasteiger charge is -2.35. The molecule has 6 rings (SSSR count). The summed E-state index contributed by atoms with van der Waals surface area (Å²) >= 11 is 5.96. The Labute approximate surface area is 254 Å². The predicted molar refractivity (Wildman–Crippen MR) is 176 cm³/mol. The second-order valence-electron chi connectivity index (χ2n) is 11.8. The van der Waals surface area contributed by atoms with Gasteiger partial charge in [0.1, 0.15) is 0 Å². The molecule has 1 aromatic heterocycles. The second-order valence-corrected chi connectivity index (χ2v) is 12.2. The quantitative estimate of drug-likeness (QED) is 0.184. The molecule has 2 fully saturated rings. The molecule has 0 radical (unpaired) electrons. The number of para-hydroxylation sites is 2. The summed E-state index contributed by atoms with van der Waals surface area (Å²) in [5.41, 5.74) is 4.65. The van der Waals surface area contributed by atoms with E-state index in [2.05, 4.69) is 92.5 Å². The molecule has 7 heteroatoms. The van der Waals surface area contributed by atoms with Gasteiger partial charge in [-0.25, -0.2) is 4.79 Å². The minimum absolute atomic E-state index is 0.00636. The van der Waals surface area contributed by atoms with Crippen molar-refractivity contribution in [3.05, 3.63) is 107 Å². The summed E-state index contributed by atoms with van der Waals surface area (Å²) in [6.07, 6.45) is 7.99. The number of benzene rings is 3. The maximum absolute atomic E-state index is 13.8. The molecule has 3 heterocycles. The third kappa shape index (κ3) is 6.47. The number of aryl methyl sites for hydroxylation is 1. The third-order valence-corrected chi connectivity index (χ3v) is 9.45. The van der Waals surface area contributed by atoms with Crippen LogP contribution < -0.4 is 11.0 Å². The van der Waals surface area contributed by atoms with E-state index >= 15 is 0 Å². The molecule has 0 unspecified atom stereocenters. The van der Waals surface area contributed by atoms with Crippen LogP contribution in [0.25, 0.3) is 11.0 Å². The fourth-order valence-electron chi connectivity index (χ4n) is 6.78. The Hall–Kier alpha value is -3.42. The molecule has 2 saturated heterocycles. The van der Waals surface area contributed by atoms with Crippen molar-refractivity contribution >= 4 is 28.4 Å². The summed E-state index contributed by atoms with van der Waals surface area (Å²) in [6.45, 7) is 6.05. The van der Waals surface area contributed by atoms with Crippen LogP contribution in [0, 0.1) is 0 Å². The van der Waals surface area contributed by atoms with Gasteiger partial charge in [0.2, 0.25) is 0 Å². The molecular formula is C35H43N5OS. The molecule has 0 amide bonds. The smallest absolute Gasteiger partial charge is 0.329 e. The van der Waals surface area contributed by atoms with Crippen molar-refractivity contribution in [1.82, 2.24) is 24.3 Å². The molecule has 4 aromatic rings. The molecule has 0 atom stereocenters. The van der Waals surface area contributed by atoms with Gasteiger partial charge in [-0.15, -0.1) is 0 Å². The highest BCUT2D eigenvalue weighted by atomic mass is 32.1. The standard InChI is InChI=1S/C35H43N5OS/c41-35-39(25-13-12-24-37-22-10-3-11-23-37)31-18-8-9-19-32(31)40(35)30-20-26-38(27-21-30)34(42)36-33(28-14-4-1-5-15-28)29-16-6-2-7-17-29/h1-2,4-9,14-19,30,33H,3,10-13,20-27H2,(H,36,42). The fourth-order valence-corrected chi connectivity index (χ4v) is 7.08. The van der Waals surface area contributed by atoms with Crippen molar-refractivity contribution in [2.45, 2.75) is 63.6 Å². The first kappa shape index (κ1) is 28.7. The minimum atomic E-state index is -0.00636. The van der Waals surface area contributed by atoms with Crippen LogP contribution in [-0.4, -0.2) is 56.8 Å². The van der Waals surface area contributed by atoms with Crippen LogP contribution in [0.5, 0.6) is 0 Å². The number of nitrogens with one attached hydrogen (secondary N) is 1. The zero-order chi connectivity index (χ0) is 28.7. The van der Waals surface area contributed by atoms with E-state index in [4.69, 9.17) is 12.2 Å². The van der Waals surface area contributed by atoms with Gasteiger partial charge in [0.25, 0.3) is 0 Å². The molecule has 42 heavy (non-hydrogen) atoms. The molecular weight excluding hydrogens is 538 g/mol. The van der Waals surface area contributed by atoms with Crippen LogP contribution >= 0.6 is 12.2 Å². The zero-order valence-electron chi connectivity index (χ0n) is 24.5. The number of imidazole rings is 1. The van der Waals surface area contributed by atoms with Crippen LogP contribution in [0.2, 0.25) is 0 Å². The Kier molecular flexibility index (Phi) is 9.36. The van der Waals surface area contributed by atoms with Crippen molar-refractivity contribution in [2.24, 2.45) is 0 Å². The topological polar surface area (TPSA) is 45.4 Å². The second kappa shape index (κ2) is 13.7. The average Bonchev–Trinajstić information content (AvgIpc) is 3.34. The summed E-state index contributed by atoms with van der Waals surface area (Å²) in [7, 11) is 0. The largest absolute Gasteiger partial charge is 0.352 e. The van der Waals surface area contributed by atoms with E-state index in [1.165, 1.54) is 43.5 Å². The number of rotatable bonds is 9. The minimum Gasteiger partial charge on any atom is -0.352 e. The van der Waals surface area contributed by atoms with Crippen molar-refractivity contribution < 1.29 is 0 Å². The van der Waals surface area contributed by atoms with E-state index in [0.717, 1.165) is 68.0 Å². The molecule has 3 aromatic carbocycles. The van der Waals surface area contributed by atoms with Gasteiger partial charge in [0.15, 0.2) is 5.11 Å². The van der Waals surface area contributed by atoms with Gasteiger partial charge in [-0.1, -0.05) is 79.2 Å². The first-order valence-corrected chi connectivity index (χ1v) is 16.2. The highest BCUT2D eigenvalue weighted by Crippen LogP contribution is 2.27. The number of likely N-dealkylation sites (tertiary alicyclic amines) is 2. The van der Waals surface area contributed by atoms with Gasteiger partial charge in [0.05, 0.1) is 17.1 Å². The van der Waals surface area contributed by atoms with Gasteiger partial charge >= 0.3 is 5.69 Å². The van der Waals surface area contributed by atoms with Crippen LogP contribution in [0.1, 0.15) is 68.2 Å². The lowest BCUT2D eigenvalue weighted by atomic mass is 9.99. The van der Waals surface area contributed by atoms with Crippen molar-refractivity contribution in [3.8, 4) is 0 Å².